The van der Waals surface area contributed by atoms with Crippen molar-refractivity contribution in [3.8, 4) is 5.75 Å². The summed E-state index contributed by atoms with van der Waals surface area (Å²) in [6, 6.07) is 4.63. The summed E-state index contributed by atoms with van der Waals surface area (Å²) in [5.74, 6) is 0.414. The molecule has 17 heavy (non-hydrogen) atoms. The van der Waals surface area contributed by atoms with Crippen LogP contribution < -0.4 is 4.74 Å². The summed E-state index contributed by atoms with van der Waals surface area (Å²) >= 11 is 0. The predicted octanol–water partition coefficient (Wildman–Crippen LogP) is 3.00. The summed E-state index contributed by atoms with van der Waals surface area (Å²) in [6.07, 6.45) is -2.80. The number of hydrogen-bond donors (Lipinski definition) is 1. The Morgan fingerprint density at radius 2 is 1.76 bits per heavy atom. The van der Waals surface area contributed by atoms with Gasteiger partial charge in [-0.15, -0.1) is 0 Å². The Morgan fingerprint density at radius 3 is 2.24 bits per heavy atom. The molecule has 1 aromatic carbocycles. The Bertz CT molecular complexity index is 372. The maximum absolute atomic E-state index is 12.3. The van der Waals surface area contributed by atoms with Crippen LogP contribution in [0.1, 0.15) is 24.8 Å². The number of rotatable bonds is 2. The molecule has 5 heteroatoms. The molecule has 2 atom stereocenters. The molecule has 0 heterocycles. The van der Waals surface area contributed by atoms with Crippen LogP contribution in [0.15, 0.2) is 24.3 Å². The van der Waals surface area contributed by atoms with Crippen LogP contribution >= 0.6 is 0 Å². The van der Waals surface area contributed by atoms with E-state index in [1.54, 1.807) is 0 Å². The zero-order chi connectivity index (χ0) is 12.5. The molecule has 0 saturated heterocycles. The molecule has 0 spiro atoms. The third-order valence-electron chi connectivity index (χ3n) is 2.84. The number of alkyl halides is 3. The van der Waals surface area contributed by atoms with Gasteiger partial charge in [0.05, 0.1) is 11.7 Å². The van der Waals surface area contributed by atoms with E-state index in [4.69, 9.17) is 4.74 Å². The number of hydrogen-bond acceptors (Lipinski definition) is 2. The molecule has 1 fully saturated rings. The van der Waals surface area contributed by atoms with Gasteiger partial charge in [0, 0.05) is 6.42 Å². The second kappa shape index (κ2) is 4.56. The fraction of sp³-hybridized carbons (Fsp3) is 0.500. The van der Waals surface area contributed by atoms with Crippen LogP contribution in [0.5, 0.6) is 5.75 Å². The average molecular weight is 246 g/mol. The molecule has 94 valence electrons. The topological polar surface area (TPSA) is 29.5 Å². The smallest absolute Gasteiger partial charge is 0.416 e. The molecule has 0 amide bonds. The minimum Gasteiger partial charge on any atom is -0.490 e. The summed E-state index contributed by atoms with van der Waals surface area (Å²) < 4.78 is 42.4. The van der Waals surface area contributed by atoms with Crippen LogP contribution in [0.2, 0.25) is 0 Å². The highest BCUT2D eigenvalue weighted by Crippen LogP contribution is 2.31. The molecule has 2 unspecified atom stereocenters. The van der Waals surface area contributed by atoms with Gasteiger partial charge in [-0.3, -0.25) is 0 Å². The third kappa shape index (κ3) is 3.12. The molecule has 1 aromatic rings. The maximum atomic E-state index is 12.3. The number of aliphatic hydroxyl groups excluding tert-OH is 1. The van der Waals surface area contributed by atoms with Gasteiger partial charge in [0.2, 0.25) is 0 Å². The van der Waals surface area contributed by atoms with E-state index in [9.17, 15) is 18.3 Å². The minimum absolute atomic E-state index is 0.0956. The zero-order valence-electron chi connectivity index (χ0n) is 9.07. The van der Waals surface area contributed by atoms with Gasteiger partial charge in [-0.2, -0.15) is 13.2 Å². The van der Waals surface area contributed by atoms with Crippen LogP contribution in [0.25, 0.3) is 0 Å². The molecule has 2 nitrogen and oxygen atoms in total. The summed E-state index contributed by atoms with van der Waals surface area (Å²) in [4.78, 5) is 0. The van der Waals surface area contributed by atoms with E-state index in [2.05, 4.69) is 0 Å². The van der Waals surface area contributed by atoms with Crippen LogP contribution in [-0.2, 0) is 6.18 Å². The van der Waals surface area contributed by atoms with Gasteiger partial charge in [-0.05, 0) is 37.1 Å². The van der Waals surface area contributed by atoms with Crippen molar-refractivity contribution in [3.05, 3.63) is 29.8 Å². The Labute approximate surface area is 97.0 Å². The Kier molecular flexibility index (Phi) is 3.28. The second-order valence-corrected chi connectivity index (χ2v) is 4.23. The number of ether oxygens (including phenoxy) is 1. The lowest BCUT2D eigenvalue weighted by atomic mass is 10.2. The van der Waals surface area contributed by atoms with Gasteiger partial charge in [-0.1, -0.05) is 0 Å². The standard InChI is InChI=1S/C12H13F3O2/c13-12(14,15)8-1-4-10(5-2-8)17-11-6-3-9(16)7-11/h1-2,4-5,9,11,16H,3,6-7H2. The van der Waals surface area contributed by atoms with Crippen LogP contribution in [0, 0.1) is 0 Å². The van der Waals surface area contributed by atoms with Crippen molar-refractivity contribution < 1.29 is 23.0 Å². The largest absolute Gasteiger partial charge is 0.490 e. The van der Waals surface area contributed by atoms with Gasteiger partial charge in [0.25, 0.3) is 0 Å². The van der Waals surface area contributed by atoms with E-state index in [0.717, 1.165) is 18.6 Å². The van der Waals surface area contributed by atoms with E-state index < -0.39 is 11.7 Å². The molecule has 0 aromatic heterocycles. The second-order valence-electron chi connectivity index (χ2n) is 4.23. The highest BCUT2D eigenvalue weighted by molar-refractivity contribution is 5.29. The predicted molar refractivity (Wildman–Crippen MR) is 55.7 cm³/mol. The van der Waals surface area contributed by atoms with Gasteiger partial charge in [0.15, 0.2) is 0 Å². The fourth-order valence-corrected chi connectivity index (χ4v) is 1.94. The van der Waals surface area contributed by atoms with Crippen molar-refractivity contribution in [3.63, 3.8) is 0 Å². The Balaban J connectivity index is 1.99. The molecule has 2 rings (SSSR count). The molecular formula is C12H13F3O2. The van der Waals surface area contributed by atoms with E-state index >= 15 is 0 Å². The Morgan fingerprint density at radius 1 is 1.12 bits per heavy atom. The lowest BCUT2D eigenvalue weighted by Gasteiger charge is -2.14. The highest BCUT2D eigenvalue weighted by atomic mass is 19.4. The summed E-state index contributed by atoms with van der Waals surface area (Å²) in [6.45, 7) is 0. The molecule has 1 N–H and O–H groups in total. The van der Waals surface area contributed by atoms with E-state index in [1.807, 2.05) is 0 Å². The van der Waals surface area contributed by atoms with E-state index in [-0.39, 0.29) is 12.2 Å². The lowest BCUT2D eigenvalue weighted by Crippen LogP contribution is -2.13. The molecule has 0 bridgehead atoms. The summed E-state index contributed by atoms with van der Waals surface area (Å²) in [5, 5.41) is 9.30. The van der Waals surface area contributed by atoms with Gasteiger partial charge in [-0.25, -0.2) is 0 Å². The molecule has 1 aliphatic rings. The summed E-state index contributed by atoms with van der Waals surface area (Å²) in [7, 11) is 0. The Hall–Kier alpha value is -1.23. The fourth-order valence-electron chi connectivity index (χ4n) is 1.94. The third-order valence-corrected chi connectivity index (χ3v) is 2.84. The van der Waals surface area contributed by atoms with Gasteiger partial charge < -0.3 is 9.84 Å². The highest BCUT2D eigenvalue weighted by Gasteiger charge is 2.30. The van der Waals surface area contributed by atoms with Gasteiger partial charge in [0.1, 0.15) is 11.9 Å². The first-order valence-electron chi connectivity index (χ1n) is 5.47. The van der Waals surface area contributed by atoms with Crippen LogP contribution in [-0.4, -0.2) is 17.3 Å². The number of benzene rings is 1. The molecular weight excluding hydrogens is 233 g/mol. The SMILES string of the molecule is OC1CCC(Oc2ccc(C(F)(F)F)cc2)C1. The lowest BCUT2D eigenvalue weighted by molar-refractivity contribution is -0.137. The molecule has 1 saturated carbocycles. The normalized spacial score (nSPS) is 24.9. The number of aliphatic hydroxyl groups is 1. The van der Waals surface area contributed by atoms with Crippen molar-refractivity contribution in [2.75, 3.05) is 0 Å². The molecule has 0 aliphatic heterocycles. The van der Waals surface area contributed by atoms with Crippen LogP contribution in [0.4, 0.5) is 13.2 Å². The van der Waals surface area contributed by atoms with E-state index in [0.29, 0.717) is 18.6 Å². The summed E-state index contributed by atoms with van der Waals surface area (Å²) in [5.41, 5.74) is -0.684. The first-order valence-corrected chi connectivity index (χ1v) is 5.47. The van der Waals surface area contributed by atoms with Crippen molar-refractivity contribution >= 4 is 0 Å². The first kappa shape index (κ1) is 12.2. The van der Waals surface area contributed by atoms with Crippen molar-refractivity contribution in [2.45, 2.75) is 37.6 Å². The van der Waals surface area contributed by atoms with Crippen molar-refractivity contribution in [1.82, 2.24) is 0 Å². The number of halogens is 3. The van der Waals surface area contributed by atoms with Gasteiger partial charge >= 0.3 is 6.18 Å². The first-order chi connectivity index (χ1) is 7.95. The average Bonchev–Trinajstić information content (AvgIpc) is 2.63. The quantitative estimate of drug-likeness (QED) is 0.869. The molecule has 0 radical (unpaired) electrons. The van der Waals surface area contributed by atoms with Crippen molar-refractivity contribution in [2.24, 2.45) is 0 Å². The zero-order valence-corrected chi connectivity index (χ0v) is 9.07. The maximum Gasteiger partial charge on any atom is 0.416 e. The minimum atomic E-state index is -4.32. The van der Waals surface area contributed by atoms with E-state index in [1.165, 1.54) is 12.1 Å². The molecule has 1 aliphatic carbocycles. The monoisotopic (exact) mass is 246 g/mol. The van der Waals surface area contributed by atoms with Crippen LogP contribution in [0.3, 0.4) is 0 Å². The van der Waals surface area contributed by atoms with Crippen molar-refractivity contribution in [1.29, 1.82) is 0 Å².